The van der Waals surface area contributed by atoms with E-state index in [1.807, 2.05) is 12.1 Å². The van der Waals surface area contributed by atoms with E-state index in [1.165, 1.54) is 18.3 Å². The molecule has 0 amide bonds. The topological polar surface area (TPSA) is 79.1 Å². The Balaban J connectivity index is 2.01. The molecule has 2 heterocycles. The molecule has 0 saturated heterocycles. The highest BCUT2D eigenvalue weighted by Crippen LogP contribution is 2.26. The van der Waals surface area contributed by atoms with Gasteiger partial charge in [-0.2, -0.15) is 0 Å². The number of aromatic nitrogens is 4. The minimum Gasteiger partial charge on any atom is -0.376 e. The number of unbranched alkanes of at least 4 members (excludes halogenated alkanes) is 1. The van der Waals surface area contributed by atoms with Crippen LogP contribution in [0, 0.1) is 0 Å². The van der Waals surface area contributed by atoms with Crippen molar-refractivity contribution in [1.29, 1.82) is 0 Å². The van der Waals surface area contributed by atoms with Crippen LogP contribution in [0.3, 0.4) is 0 Å². The molecule has 2 rings (SSSR count). The second-order valence-electron chi connectivity index (χ2n) is 4.13. The van der Waals surface area contributed by atoms with Crippen LogP contribution in [0.15, 0.2) is 12.1 Å². The van der Waals surface area contributed by atoms with Crippen LogP contribution < -0.4 is 4.84 Å². The zero-order valence-electron chi connectivity index (χ0n) is 11.4. The highest BCUT2D eigenvalue weighted by Gasteiger charge is 2.14. The van der Waals surface area contributed by atoms with Gasteiger partial charge in [-0.3, -0.25) is 0 Å². The standard InChI is InChI=1S/C12H16N4O3S/c1-3-4-7-18-8-10-5-6-11(20-10)12-13-14-15-16(12)19-9(2)17/h5-6H,3-4,7-8H2,1-2H3. The summed E-state index contributed by atoms with van der Waals surface area (Å²) in [5, 5.41) is 11.0. The van der Waals surface area contributed by atoms with E-state index in [2.05, 4.69) is 22.4 Å². The Kier molecular flexibility index (Phi) is 5.19. The van der Waals surface area contributed by atoms with E-state index in [9.17, 15) is 4.79 Å². The van der Waals surface area contributed by atoms with Crippen LogP contribution in [-0.4, -0.2) is 32.9 Å². The maximum Gasteiger partial charge on any atom is 0.332 e. The monoisotopic (exact) mass is 296 g/mol. The smallest absolute Gasteiger partial charge is 0.332 e. The molecule has 2 aromatic rings. The Morgan fingerprint density at radius 1 is 1.45 bits per heavy atom. The number of rotatable bonds is 7. The molecular weight excluding hydrogens is 280 g/mol. The molecule has 0 N–H and O–H groups in total. The van der Waals surface area contributed by atoms with Gasteiger partial charge in [0, 0.05) is 18.4 Å². The van der Waals surface area contributed by atoms with E-state index in [0.29, 0.717) is 12.4 Å². The maximum atomic E-state index is 10.9. The lowest BCUT2D eigenvalue weighted by Crippen LogP contribution is -2.18. The van der Waals surface area contributed by atoms with Crippen molar-refractivity contribution in [3.8, 4) is 10.7 Å². The predicted molar refractivity (Wildman–Crippen MR) is 73.0 cm³/mol. The van der Waals surface area contributed by atoms with E-state index in [0.717, 1.165) is 34.0 Å². The molecule has 0 saturated carbocycles. The maximum absolute atomic E-state index is 10.9. The SMILES string of the molecule is CCCCOCc1ccc(-c2nnnn2OC(C)=O)s1. The highest BCUT2D eigenvalue weighted by atomic mass is 32.1. The Labute approximate surface area is 120 Å². The van der Waals surface area contributed by atoms with Crippen LogP contribution in [0.1, 0.15) is 31.6 Å². The van der Waals surface area contributed by atoms with E-state index in [4.69, 9.17) is 9.57 Å². The van der Waals surface area contributed by atoms with Crippen LogP contribution >= 0.6 is 11.3 Å². The minimum atomic E-state index is -0.474. The molecule has 0 aliphatic carbocycles. The van der Waals surface area contributed by atoms with E-state index < -0.39 is 5.97 Å². The van der Waals surface area contributed by atoms with Gasteiger partial charge in [0.25, 0.3) is 0 Å². The predicted octanol–water partition coefficient (Wildman–Crippen LogP) is 1.69. The van der Waals surface area contributed by atoms with Gasteiger partial charge in [-0.1, -0.05) is 13.3 Å². The van der Waals surface area contributed by atoms with Crippen LogP contribution in [0.5, 0.6) is 0 Å². The third-order valence-electron chi connectivity index (χ3n) is 2.43. The highest BCUT2D eigenvalue weighted by molar-refractivity contribution is 7.15. The largest absolute Gasteiger partial charge is 0.376 e. The average Bonchev–Trinajstić information content (AvgIpc) is 3.02. The number of thiophene rings is 1. The molecule has 20 heavy (non-hydrogen) atoms. The van der Waals surface area contributed by atoms with Crippen molar-refractivity contribution in [3.63, 3.8) is 0 Å². The van der Waals surface area contributed by atoms with Crippen molar-refractivity contribution in [2.75, 3.05) is 6.61 Å². The number of tetrazole rings is 1. The molecule has 108 valence electrons. The second-order valence-corrected chi connectivity index (χ2v) is 5.30. The summed E-state index contributed by atoms with van der Waals surface area (Å²) in [7, 11) is 0. The van der Waals surface area contributed by atoms with Gasteiger partial charge in [-0.25, -0.2) is 4.79 Å². The first-order valence-electron chi connectivity index (χ1n) is 6.34. The minimum absolute atomic E-state index is 0.407. The van der Waals surface area contributed by atoms with Crippen molar-refractivity contribution < 1.29 is 14.4 Å². The third-order valence-corrected chi connectivity index (χ3v) is 3.48. The van der Waals surface area contributed by atoms with Gasteiger partial charge in [0.2, 0.25) is 5.82 Å². The summed E-state index contributed by atoms with van der Waals surface area (Å²) in [6, 6.07) is 3.84. The van der Waals surface area contributed by atoms with Crippen molar-refractivity contribution in [2.24, 2.45) is 0 Å². The number of nitrogens with zero attached hydrogens (tertiary/aromatic N) is 4. The molecule has 0 spiro atoms. The van der Waals surface area contributed by atoms with Gasteiger partial charge < -0.3 is 9.57 Å². The van der Waals surface area contributed by atoms with Crippen molar-refractivity contribution >= 4 is 17.3 Å². The van der Waals surface area contributed by atoms with Gasteiger partial charge in [0.1, 0.15) is 0 Å². The van der Waals surface area contributed by atoms with Crippen LogP contribution in [0.2, 0.25) is 0 Å². The van der Waals surface area contributed by atoms with Crippen molar-refractivity contribution in [1.82, 2.24) is 20.4 Å². The van der Waals surface area contributed by atoms with Gasteiger partial charge >= 0.3 is 5.97 Å². The molecule has 0 bridgehead atoms. The fourth-order valence-corrected chi connectivity index (χ4v) is 2.41. The van der Waals surface area contributed by atoms with Crippen LogP contribution in [-0.2, 0) is 16.1 Å². The molecule has 0 aliphatic heterocycles. The molecular formula is C12H16N4O3S. The molecule has 0 aromatic carbocycles. The lowest BCUT2D eigenvalue weighted by atomic mass is 10.4. The summed E-state index contributed by atoms with van der Waals surface area (Å²) in [4.78, 5) is 18.8. The molecule has 0 radical (unpaired) electrons. The Hall–Kier alpha value is -1.80. The first-order valence-corrected chi connectivity index (χ1v) is 7.16. The van der Waals surface area contributed by atoms with E-state index in [1.54, 1.807) is 0 Å². The summed E-state index contributed by atoms with van der Waals surface area (Å²) < 4.78 is 5.55. The average molecular weight is 296 g/mol. The first-order chi connectivity index (χ1) is 9.70. The summed E-state index contributed by atoms with van der Waals surface area (Å²) >= 11 is 1.51. The molecule has 0 fully saturated rings. The van der Waals surface area contributed by atoms with Gasteiger partial charge in [-0.05, 0) is 33.8 Å². The molecule has 7 nitrogen and oxygen atoms in total. The lowest BCUT2D eigenvalue weighted by molar-refractivity contribution is -0.143. The summed E-state index contributed by atoms with van der Waals surface area (Å²) in [5.41, 5.74) is 0. The summed E-state index contributed by atoms with van der Waals surface area (Å²) in [5.74, 6) is -0.0664. The van der Waals surface area contributed by atoms with Gasteiger partial charge in [0.15, 0.2) is 0 Å². The fraction of sp³-hybridized carbons (Fsp3) is 0.500. The molecule has 0 unspecified atom stereocenters. The Bertz CT molecular complexity index is 567. The zero-order valence-corrected chi connectivity index (χ0v) is 12.2. The van der Waals surface area contributed by atoms with Crippen LogP contribution in [0.25, 0.3) is 10.7 Å². The van der Waals surface area contributed by atoms with Crippen molar-refractivity contribution in [2.45, 2.75) is 33.3 Å². The normalized spacial score (nSPS) is 10.7. The fourth-order valence-electron chi connectivity index (χ4n) is 1.50. The van der Waals surface area contributed by atoms with Crippen LogP contribution in [0.4, 0.5) is 0 Å². The number of carbonyl (C=O) groups excluding carboxylic acids is 1. The Morgan fingerprint density at radius 2 is 2.30 bits per heavy atom. The molecule has 2 aromatic heterocycles. The number of hydrogen-bond donors (Lipinski definition) is 0. The molecule has 8 heteroatoms. The second kappa shape index (κ2) is 7.11. The number of ether oxygens (including phenoxy) is 1. The quantitative estimate of drug-likeness (QED) is 0.571. The van der Waals surface area contributed by atoms with Gasteiger partial charge in [0.05, 0.1) is 11.5 Å². The third kappa shape index (κ3) is 3.84. The summed E-state index contributed by atoms with van der Waals surface area (Å²) in [6.45, 7) is 4.75. The Morgan fingerprint density at radius 3 is 3.05 bits per heavy atom. The summed E-state index contributed by atoms with van der Waals surface area (Å²) in [6.07, 6.45) is 2.18. The number of carbonyl (C=O) groups is 1. The van der Waals surface area contributed by atoms with E-state index >= 15 is 0 Å². The molecule has 0 atom stereocenters. The lowest BCUT2D eigenvalue weighted by Gasteiger charge is -2.01. The van der Waals surface area contributed by atoms with Crippen molar-refractivity contribution in [3.05, 3.63) is 17.0 Å². The van der Waals surface area contributed by atoms with Gasteiger partial charge in [-0.15, -0.1) is 16.4 Å². The molecule has 0 aliphatic rings. The van der Waals surface area contributed by atoms with E-state index in [-0.39, 0.29) is 0 Å². The first kappa shape index (κ1) is 14.6. The number of hydrogen-bond acceptors (Lipinski definition) is 7. The zero-order chi connectivity index (χ0) is 14.4.